The van der Waals surface area contributed by atoms with Gasteiger partial charge in [0.15, 0.2) is 24.7 Å². The first-order valence-corrected chi connectivity index (χ1v) is 23.7. The predicted octanol–water partition coefficient (Wildman–Crippen LogP) is 15.1. The smallest absolute Gasteiger partial charge is 0.320 e. The van der Waals surface area contributed by atoms with Crippen LogP contribution in [0, 0.1) is 0 Å². The van der Waals surface area contributed by atoms with Gasteiger partial charge in [0.2, 0.25) is 0 Å². The van der Waals surface area contributed by atoms with Crippen molar-refractivity contribution in [3.8, 4) is 23.0 Å². The van der Waals surface area contributed by atoms with E-state index in [1.54, 1.807) is 0 Å². The molecule has 2 heterocycles. The SMILES string of the molecule is C1=Nc2c(cccc2C2CCCCC2)OCC2(COc3cccc(C4CCCCC4)c3N=1)Oc1cccc(C3CCCCC3)c1N=C=Nc1c(cccc1C1CCCCC1)O2. The van der Waals surface area contributed by atoms with Crippen LogP contribution < -0.4 is 18.9 Å². The van der Waals surface area contributed by atoms with E-state index in [0.717, 1.165) is 74.1 Å². The van der Waals surface area contributed by atoms with Crippen molar-refractivity contribution in [1.82, 2.24) is 0 Å². The Hall–Kier alpha value is -5.16. The molecule has 0 atom stereocenters. The zero-order valence-corrected chi connectivity index (χ0v) is 35.7. The van der Waals surface area contributed by atoms with Crippen molar-refractivity contribution >= 4 is 34.8 Å². The lowest BCUT2D eigenvalue weighted by atomic mass is 9.83. The third-order valence-corrected chi connectivity index (χ3v) is 14.4. The minimum atomic E-state index is -1.49. The van der Waals surface area contributed by atoms with Gasteiger partial charge < -0.3 is 18.9 Å². The van der Waals surface area contributed by atoms with Crippen LogP contribution in [-0.2, 0) is 0 Å². The van der Waals surface area contributed by atoms with Crippen LogP contribution in [0.25, 0.3) is 0 Å². The molecule has 4 aliphatic carbocycles. The number of fused-ring (bicyclic) bond motifs is 4. The molecule has 10 rings (SSSR count). The fourth-order valence-corrected chi connectivity index (χ4v) is 11.2. The maximum absolute atomic E-state index is 7.38. The molecule has 1 spiro atoms. The number of benzene rings is 4. The van der Waals surface area contributed by atoms with Crippen LogP contribution >= 0.6 is 0 Å². The Morgan fingerprint density at radius 2 is 0.639 bits per heavy atom. The van der Waals surface area contributed by atoms with E-state index in [4.69, 9.17) is 38.9 Å². The molecular weight excluding hydrogens is 757 g/mol. The second-order valence-corrected chi connectivity index (χ2v) is 18.5. The van der Waals surface area contributed by atoms with Crippen LogP contribution in [0.2, 0.25) is 0 Å². The summed E-state index contributed by atoms with van der Waals surface area (Å²) in [5.74, 6) is 2.53. The van der Waals surface area contributed by atoms with Crippen molar-refractivity contribution in [1.29, 1.82) is 0 Å². The van der Waals surface area contributed by atoms with Crippen molar-refractivity contribution in [2.24, 2.45) is 20.0 Å². The molecule has 8 nitrogen and oxygen atoms in total. The first-order chi connectivity index (χ1) is 30.2. The highest BCUT2D eigenvalue weighted by atomic mass is 16.7. The highest BCUT2D eigenvalue weighted by Gasteiger charge is 2.42. The predicted molar refractivity (Wildman–Crippen MR) is 242 cm³/mol. The summed E-state index contributed by atoms with van der Waals surface area (Å²) in [6.45, 7) is 0.0120. The number of aliphatic imine (C=N–C) groups is 4. The first kappa shape index (κ1) is 39.9. The van der Waals surface area contributed by atoms with E-state index in [0.29, 0.717) is 46.7 Å². The molecule has 0 bridgehead atoms. The average Bonchev–Trinajstić information content (AvgIpc) is 3.32. The summed E-state index contributed by atoms with van der Waals surface area (Å²) in [5.41, 5.74) is 7.76. The molecule has 4 fully saturated rings. The largest absolute Gasteiger partial charge is 0.483 e. The van der Waals surface area contributed by atoms with Gasteiger partial charge >= 0.3 is 5.79 Å². The number of ether oxygens (including phenoxy) is 4. The van der Waals surface area contributed by atoms with E-state index >= 15 is 0 Å². The number of para-hydroxylation sites is 4. The van der Waals surface area contributed by atoms with Gasteiger partial charge in [-0.05, 0) is 122 Å². The number of hydrogen-bond acceptors (Lipinski definition) is 8. The molecule has 8 heteroatoms. The molecule has 316 valence electrons. The summed E-state index contributed by atoms with van der Waals surface area (Å²) in [7, 11) is 0. The molecule has 4 aromatic carbocycles. The Balaban J connectivity index is 1.16. The fraction of sp³-hybridized carbons (Fsp3) is 0.509. The molecule has 0 unspecified atom stereocenters. The van der Waals surface area contributed by atoms with Gasteiger partial charge in [0, 0.05) is 0 Å². The zero-order valence-electron chi connectivity index (χ0n) is 35.7. The molecule has 0 radical (unpaired) electrons. The topological polar surface area (TPSA) is 86.4 Å². The van der Waals surface area contributed by atoms with E-state index in [2.05, 4.69) is 60.5 Å². The Labute approximate surface area is 361 Å². The van der Waals surface area contributed by atoms with Crippen LogP contribution in [-0.4, -0.2) is 31.0 Å². The Kier molecular flexibility index (Phi) is 12.1. The monoisotopic (exact) mass is 816 g/mol. The van der Waals surface area contributed by atoms with Crippen molar-refractivity contribution in [3.63, 3.8) is 0 Å². The molecule has 2 aliphatic heterocycles. The van der Waals surface area contributed by atoms with Crippen LogP contribution in [0.4, 0.5) is 22.7 Å². The summed E-state index contributed by atoms with van der Waals surface area (Å²) >= 11 is 0. The van der Waals surface area contributed by atoms with Gasteiger partial charge in [0.1, 0.15) is 46.3 Å². The summed E-state index contributed by atoms with van der Waals surface area (Å²) in [6.07, 6.45) is 23.7. The number of nitrogens with zero attached hydrogens (tertiary/aromatic N) is 4. The maximum atomic E-state index is 7.38. The van der Waals surface area contributed by atoms with Gasteiger partial charge in [-0.1, -0.05) is 126 Å². The average molecular weight is 817 g/mol. The van der Waals surface area contributed by atoms with Gasteiger partial charge in [-0.2, -0.15) is 20.0 Å². The highest BCUT2D eigenvalue weighted by molar-refractivity contribution is 5.71. The Morgan fingerprint density at radius 3 is 0.951 bits per heavy atom. The quantitative estimate of drug-likeness (QED) is 0.205. The molecule has 0 amide bonds. The lowest BCUT2D eigenvalue weighted by Crippen LogP contribution is -2.53. The van der Waals surface area contributed by atoms with Gasteiger partial charge in [-0.3, -0.25) is 0 Å². The first-order valence-electron chi connectivity index (χ1n) is 23.7. The second-order valence-electron chi connectivity index (χ2n) is 18.5. The van der Waals surface area contributed by atoms with E-state index < -0.39 is 5.79 Å². The highest BCUT2D eigenvalue weighted by Crippen LogP contribution is 2.49. The fourth-order valence-electron chi connectivity index (χ4n) is 11.2. The van der Waals surface area contributed by atoms with Crippen molar-refractivity contribution in [3.05, 3.63) is 95.1 Å². The van der Waals surface area contributed by atoms with E-state index in [1.807, 2.05) is 24.3 Å². The molecule has 0 N–H and O–H groups in total. The molecule has 6 aliphatic rings. The summed E-state index contributed by atoms with van der Waals surface area (Å²) in [6, 6.07) is 31.6. The van der Waals surface area contributed by atoms with E-state index in [9.17, 15) is 0 Å². The van der Waals surface area contributed by atoms with Crippen molar-refractivity contribution < 1.29 is 18.9 Å². The summed E-state index contributed by atoms with van der Waals surface area (Å²) in [5, 5.41) is 0. The third-order valence-electron chi connectivity index (χ3n) is 14.4. The third kappa shape index (κ3) is 8.68. The second kappa shape index (κ2) is 18.4. The maximum Gasteiger partial charge on any atom is 0.320 e. The Morgan fingerprint density at radius 1 is 0.361 bits per heavy atom. The summed E-state index contributed by atoms with van der Waals surface area (Å²) < 4.78 is 28.8. The Bertz CT molecular complexity index is 2160. The normalized spacial score (nSPS) is 22.8. The van der Waals surface area contributed by atoms with Gasteiger partial charge in [0.25, 0.3) is 0 Å². The summed E-state index contributed by atoms with van der Waals surface area (Å²) in [4.78, 5) is 20.3. The van der Waals surface area contributed by atoms with Gasteiger partial charge in [0.05, 0.1) is 0 Å². The van der Waals surface area contributed by atoms with E-state index in [-0.39, 0.29) is 13.2 Å². The lowest BCUT2D eigenvalue weighted by Gasteiger charge is -2.36. The van der Waals surface area contributed by atoms with Crippen LogP contribution in [0.1, 0.15) is 174 Å². The zero-order chi connectivity index (χ0) is 40.9. The molecular formula is C53H60N4O4. The molecule has 4 aromatic rings. The molecule has 0 saturated heterocycles. The lowest BCUT2D eigenvalue weighted by molar-refractivity contribution is -0.158. The minimum absolute atomic E-state index is 0.00600. The molecule has 0 aromatic heterocycles. The van der Waals surface area contributed by atoms with Crippen molar-refractivity contribution in [2.45, 2.75) is 158 Å². The van der Waals surface area contributed by atoms with Gasteiger partial charge in [-0.15, -0.1) is 0 Å². The molecule has 4 saturated carbocycles. The van der Waals surface area contributed by atoms with Crippen LogP contribution in [0.3, 0.4) is 0 Å². The van der Waals surface area contributed by atoms with E-state index in [1.165, 1.54) is 99.3 Å². The van der Waals surface area contributed by atoms with Gasteiger partial charge in [-0.25, -0.2) is 0 Å². The van der Waals surface area contributed by atoms with Crippen LogP contribution in [0.5, 0.6) is 23.0 Å². The number of rotatable bonds is 4. The minimum Gasteiger partial charge on any atom is -0.483 e. The van der Waals surface area contributed by atoms with Crippen molar-refractivity contribution in [2.75, 3.05) is 13.2 Å². The number of hydrogen-bond donors (Lipinski definition) is 0. The standard InChI is InChI=1S/C53H60N4O4/c1-5-17-37(18-6-1)41-25-13-29-45-49(41)54-35-55-50-42(38-19-7-2-8-20-38)26-14-30-46(50)59-34-53(33-58-45)60-47-31-15-27-43(39-21-9-3-10-22-39)51(47)56-36-57-52-44(28-16-32-48(52)61-53)40-23-11-4-12-24-40/h13-16,25-32,37-40H,1-12,17-24,33-34H2. The van der Waals surface area contributed by atoms with Crippen LogP contribution in [0.15, 0.2) is 92.8 Å². The molecule has 61 heavy (non-hydrogen) atoms.